The zero-order valence-corrected chi connectivity index (χ0v) is 18.1. The van der Waals surface area contributed by atoms with Crippen LogP contribution in [0.15, 0.2) is 27.7 Å². The number of hydrogen-bond donors (Lipinski definition) is 2. The highest BCUT2D eigenvalue weighted by atomic mass is 16.6. The summed E-state index contributed by atoms with van der Waals surface area (Å²) in [6.45, 7) is 11.1. The quantitative estimate of drug-likeness (QED) is 0.549. The van der Waals surface area contributed by atoms with Crippen molar-refractivity contribution in [3.05, 3.63) is 40.8 Å². The summed E-state index contributed by atoms with van der Waals surface area (Å²) in [5.41, 5.74) is 3.20. The fourth-order valence-electron chi connectivity index (χ4n) is 3.40. The first-order valence-electron chi connectivity index (χ1n) is 10.3. The van der Waals surface area contributed by atoms with E-state index in [1.54, 1.807) is 7.05 Å². The van der Waals surface area contributed by atoms with Gasteiger partial charge in [-0.05, 0) is 24.1 Å². The summed E-state index contributed by atoms with van der Waals surface area (Å²) in [6, 6.07) is 6.16. The van der Waals surface area contributed by atoms with Crippen LogP contribution in [0.25, 0.3) is 0 Å². The lowest BCUT2D eigenvalue weighted by Crippen LogP contribution is -2.43. The van der Waals surface area contributed by atoms with Crippen LogP contribution in [0, 0.1) is 0 Å². The standard InChI is InChI=1S/C22H32N4O3/c1-6-17-16(18(7-2)29-26-17)13-24-21(23-5)25-14-22(3,4)15-8-9-19-20(12-15)28-11-10-27-19/h8-9,12H,6-7,10-11,13-14H2,1-5H3,(H2,23,24,25). The number of nitrogens with zero attached hydrogens (tertiary/aromatic N) is 2. The third-order valence-corrected chi connectivity index (χ3v) is 5.28. The van der Waals surface area contributed by atoms with Crippen molar-refractivity contribution >= 4 is 5.96 Å². The Morgan fingerprint density at radius 3 is 2.55 bits per heavy atom. The van der Waals surface area contributed by atoms with Crippen LogP contribution in [-0.4, -0.2) is 37.9 Å². The SMILES string of the molecule is CCc1noc(CC)c1CNC(=NC)NCC(C)(C)c1ccc2c(c1)OCCO2. The van der Waals surface area contributed by atoms with Crippen LogP contribution < -0.4 is 20.1 Å². The van der Waals surface area contributed by atoms with Crippen LogP contribution in [0.4, 0.5) is 0 Å². The minimum atomic E-state index is -0.117. The van der Waals surface area contributed by atoms with Gasteiger partial charge in [0.05, 0.1) is 5.69 Å². The molecule has 0 spiro atoms. The third kappa shape index (κ3) is 4.83. The zero-order chi connectivity index (χ0) is 20.9. The molecule has 0 bridgehead atoms. The van der Waals surface area contributed by atoms with E-state index >= 15 is 0 Å². The molecule has 0 saturated heterocycles. The molecule has 0 atom stereocenters. The smallest absolute Gasteiger partial charge is 0.191 e. The van der Waals surface area contributed by atoms with Gasteiger partial charge in [0.2, 0.25) is 0 Å². The van der Waals surface area contributed by atoms with Gasteiger partial charge < -0.3 is 24.6 Å². The van der Waals surface area contributed by atoms with E-state index in [2.05, 4.69) is 60.6 Å². The molecule has 0 fully saturated rings. The number of fused-ring (bicyclic) bond motifs is 1. The summed E-state index contributed by atoms with van der Waals surface area (Å²) in [7, 11) is 1.78. The lowest BCUT2D eigenvalue weighted by Gasteiger charge is -2.28. The Hall–Kier alpha value is -2.70. The number of benzene rings is 1. The van der Waals surface area contributed by atoms with Crippen molar-refractivity contribution in [1.29, 1.82) is 0 Å². The second-order valence-electron chi connectivity index (χ2n) is 7.76. The number of aryl methyl sites for hydroxylation is 2. The number of guanidine groups is 1. The van der Waals surface area contributed by atoms with Crippen LogP contribution in [0.1, 0.15) is 50.3 Å². The van der Waals surface area contributed by atoms with E-state index in [1.807, 2.05) is 6.07 Å². The van der Waals surface area contributed by atoms with E-state index in [0.717, 1.165) is 53.9 Å². The van der Waals surface area contributed by atoms with Gasteiger partial charge in [-0.2, -0.15) is 0 Å². The molecule has 2 N–H and O–H groups in total. The summed E-state index contributed by atoms with van der Waals surface area (Å²) in [6.07, 6.45) is 1.68. The fourth-order valence-corrected chi connectivity index (χ4v) is 3.40. The van der Waals surface area contributed by atoms with E-state index in [4.69, 9.17) is 14.0 Å². The predicted molar refractivity (Wildman–Crippen MR) is 114 cm³/mol. The van der Waals surface area contributed by atoms with Crippen LogP contribution in [0.2, 0.25) is 0 Å². The number of ether oxygens (including phenoxy) is 2. The molecule has 0 aliphatic carbocycles. The minimum Gasteiger partial charge on any atom is -0.486 e. The molecule has 7 heteroatoms. The Bertz CT molecular complexity index is 836. The Kier molecular flexibility index (Phi) is 6.67. The van der Waals surface area contributed by atoms with Crippen LogP contribution in [-0.2, 0) is 24.8 Å². The highest BCUT2D eigenvalue weighted by molar-refractivity contribution is 5.79. The van der Waals surface area contributed by atoms with Crippen molar-refractivity contribution in [2.24, 2.45) is 4.99 Å². The molecule has 0 saturated carbocycles. The van der Waals surface area contributed by atoms with Gasteiger partial charge in [0.15, 0.2) is 17.5 Å². The van der Waals surface area contributed by atoms with Crippen molar-refractivity contribution in [3.63, 3.8) is 0 Å². The number of nitrogens with one attached hydrogen (secondary N) is 2. The number of hydrogen-bond acceptors (Lipinski definition) is 5. The number of aromatic nitrogens is 1. The Morgan fingerprint density at radius 2 is 1.86 bits per heavy atom. The number of rotatable bonds is 7. The normalized spacial score (nSPS) is 14.0. The van der Waals surface area contributed by atoms with Crippen molar-refractivity contribution < 1.29 is 14.0 Å². The number of aliphatic imine (C=N–C) groups is 1. The third-order valence-electron chi connectivity index (χ3n) is 5.28. The second-order valence-corrected chi connectivity index (χ2v) is 7.76. The first-order valence-corrected chi connectivity index (χ1v) is 10.3. The first kappa shape index (κ1) is 21.0. The topological polar surface area (TPSA) is 80.9 Å². The molecular formula is C22H32N4O3. The van der Waals surface area contributed by atoms with Crippen molar-refractivity contribution in [3.8, 4) is 11.5 Å². The average Bonchev–Trinajstić information content (AvgIpc) is 3.15. The molecular weight excluding hydrogens is 368 g/mol. The highest BCUT2D eigenvalue weighted by Gasteiger charge is 2.24. The Morgan fingerprint density at radius 1 is 1.10 bits per heavy atom. The lowest BCUT2D eigenvalue weighted by molar-refractivity contribution is 0.171. The second kappa shape index (κ2) is 9.20. The van der Waals surface area contributed by atoms with E-state index in [0.29, 0.717) is 19.8 Å². The van der Waals surface area contributed by atoms with Gasteiger partial charge in [0, 0.05) is 37.5 Å². The molecule has 0 unspecified atom stereocenters. The Labute approximate surface area is 172 Å². The first-order chi connectivity index (χ1) is 14.0. The molecule has 1 aromatic carbocycles. The minimum absolute atomic E-state index is 0.117. The fraction of sp³-hybridized carbons (Fsp3) is 0.545. The molecule has 1 aliphatic rings. The average molecular weight is 401 g/mol. The van der Waals surface area contributed by atoms with E-state index in [-0.39, 0.29) is 5.41 Å². The molecule has 0 radical (unpaired) electrons. The summed E-state index contributed by atoms with van der Waals surface area (Å²) in [5, 5.41) is 11.0. The lowest BCUT2D eigenvalue weighted by atomic mass is 9.84. The van der Waals surface area contributed by atoms with Gasteiger partial charge in [-0.25, -0.2) is 0 Å². The maximum atomic E-state index is 5.73. The van der Waals surface area contributed by atoms with Crippen LogP contribution in [0.5, 0.6) is 11.5 Å². The largest absolute Gasteiger partial charge is 0.486 e. The maximum Gasteiger partial charge on any atom is 0.191 e. The van der Waals surface area contributed by atoms with Crippen molar-refractivity contribution in [1.82, 2.24) is 15.8 Å². The van der Waals surface area contributed by atoms with Gasteiger partial charge in [0.1, 0.15) is 19.0 Å². The highest BCUT2D eigenvalue weighted by Crippen LogP contribution is 2.34. The van der Waals surface area contributed by atoms with E-state index in [9.17, 15) is 0 Å². The molecule has 1 aromatic heterocycles. The molecule has 3 rings (SSSR count). The molecule has 2 aromatic rings. The van der Waals surface area contributed by atoms with Gasteiger partial charge in [-0.1, -0.05) is 38.9 Å². The predicted octanol–water partition coefficient (Wildman–Crippen LogP) is 3.21. The van der Waals surface area contributed by atoms with Crippen LogP contribution in [0.3, 0.4) is 0 Å². The molecule has 7 nitrogen and oxygen atoms in total. The van der Waals surface area contributed by atoms with Gasteiger partial charge in [-0.3, -0.25) is 4.99 Å². The summed E-state index contributed by atoms with van der Waals surface area (Å²) < 4.78 is 16.8. The summed E-state index contributed by atoms with van der Waals surface area (Å²) in [5.74, 6) is 3.31. The molecule has 0 amide bonds. The van der Waals surface area contributed by atoms with Crippen molar-refractivity contribution in [2.75, 3.05) is 26.8 Å². The molecule has 2 heterocycles. The van der Waals surface area contributed by atoms with E-state index < -0.39 is 0 Å². The van der Waals surface area contributed by atoms with Crippen molar-refractivity contribution in [2.45, 2.75) is 52.5 Å². The summed E-state index contributed by atoms with van der Waals surface area (Å²) in [4.78, 5) is 4.36. The Balaban J connectivity index is 1.62. The zero-order valence-electron chi connectivity index (χ0n) is 18.1. The van der Waals surface area contributed by atoms with Gasteiger partial charge in [-0.15, -0.1) is 0 Å². The maximum absolute atomic E-state index is 5.73. The van der Waals surface area contributed by atoms with Gasteiger partial charge >= 0.3 is 0 Å². The van der Waals surface area contributed by atoms with Crippen LogP contribution >= 0.6 is 0 Å². The van der Waals surface area contributed by atoms with Gasteiger partial charge in [0.25, 0.3) is 0 Å². The summed E-state index contributed by atoms with van der Waals surface area (Å²) >= 11 is 0. The molecule has 29 heavy (non-hydrogen) atoms. The molecule has 1 aliphatic heterocycles. The molecule has 158 valence electrons. The monoisotopic (exact) mass is 400 g/mol. The van der Waals surface area contributed by atoms with E-state index in [1.165, 1.54) is 5.56 Å².